The number of methoxy groups -OCH3 is 1. The van der Waals surface area contributed by atoms with E-state index in [2.05, 4.69) is 4.72 Å². The van der Waals surface area contributed by atoms with Crippen molar-refractivity contribution < 1.29 is 22.3 Å². The molecule has 0 saturated heterocycles. The Morgan fingerprint density at radius 2 is 1.81 bits per heavy atom. The number of hydrogen-bond donors (Lipinski definition) is 1. The van der Waals surface area contributed by atoms with Crippen LogP contribution in [0.3, 0.4) is 0 Å². The van der Waals surface area contributed by atoms with Crippen LogP contribution in [0.4, 0.5) is 4.39 Å². The van der Waals surface area contributed by atoms with Gasteiger partial charge in [0.25, 0.3) is 0 Å². The van der Waals surface area contributed by atoms with Crippen molar-refractivity contribution in [3.63, 3.8) is 0 Å². The summed E-state index contributed by atoms with van der Waals surface area (Å²) in [6.07, 6.45) is 0.946. The number of rotatable bonds is 8. The minimum absolute atomic E-state index is 0.0929. The molecule has 0 radical (unpaired) electrons. The largest absolute Gasteiger partial charge is 0.497 e. The van der Waals surface area contributed by atoms with Crippen molar-refractivity contribution in [3.8, 4) is 5.75 Å². The van der Waals surface area contributed by atoms with Gasteiger partial charge in [-0.05, 0) is 23.8 Å². The Kier molecular flexibility index (Phi) is 6.92. The number of nitrogens with zero attached hydrogens (tertiary/aromatic N) is 1. The Balaban J connectivity index is 2.15. The summed E-state index contributed by atoms with van der Waals surface area (Å²) in [5.41, 5.74) is 1.03. The van der Waals surface area contributed by atoms with E-state index in [-0.39, 0.29) is 18.9 Å². The van der Waals surface area contributed by atoms with E-state index in [1.807, 2.05) is 0 Å². The van der Waals surface area contributed by atoms with E-state index in [9.17, 15) is 17.6 Å². The number of nitrogens with one attached hydrogen (secondary N) is 1. The Hall–Kier alpha value is -2.45. The molecule has 27 heavy (non-hydrogen) atoms. The Bertz CT molecular complexity index is 885. The Morgan fingerprint density at radius 1 is 1.19 bits per heavy atom. The third-order valence-electron chi connectivity index (χ3n) is 4.04. The molecular formula is C19H23FN2O4S. The van der Waals surface area contributed by atoms with Crippen LogP contribution in [0.15, 0.2) is 48.5 Å². The maximum Gasteiger partial charge on any atom is 0.224 e. The van der Waals surface area contributed by atoms with Crippen LogP contribution in [0.5, 0.6) is 5.75 Å². The van der Waals surface area contributed by atoms with Crippen molar-refractivity contribution >= 4 is 15.9 Å². The number of carbonyl (C=O) groups excluding carboxylic acids is 1. The van der Waals surface area contributed by atoms with Crippen LogP contribution in [-0.4, -0.2) is 39.6 Å². The fourth-order valence-corrected chi connectivity index (χ4v) is 3.36. The number of sulfonamides is 1. The van der Waals surface area contributed by atoms with Crippen LogP contribution in [0.25, 0.3) is 0 Å². The number of amides is 1. The van der Waals surface area contributed by atoms with Crippen LogP contribution in [0.2, 0.25) is 0 Å². The number of benzene rings is 2. The number of halogens is 1. The SMILES string of the molecule is COc1ccc(C(CC(=O)N(C)Cc2ccccc2F)NS(C)(=O)=O)cc1. The molecule has 6 nitrogen and oxygen atoms in total. The highest BCUT2D eigenvalue weighted by Crippen LogP contribution is 2.22. The maximum absolute atomic E-state index is 13.8. The molecule has 0 aromatic heterocycles. The van der Waals surface area contributed by atoms with Crippen LogP contribution < -0.4 is 9.46 Å². The zero-order chi connectivity index (χ0) is 20.0. The fourth-order valence-electron chi connectivity index (χ4n) is 2.62. The summed E-state index contributed by atoms with van der Waals surface area (Å²) in [7, 11) is -0.450. The molecule has 0 fully saturated rings. The lowest BCUT2D eigenvalue weighted by Crippen LogP contribution is -2.34. The summed E-state index contributed by atoms with van der Waals surface area (Å²) < 4.78 is 44.8. The van der Waals surface area contributed by atoms with Crippen molar-refractivity contribution in [2.45, 2.75) is 19.0 Å². The molecule has 0 aliphatic rings. The van der Waals surface area contributed by atoms with Crippen molar-refractivity contribution in [2.24, 2.45) is 0 Å². The molecule has 1 unspecified atom stereocenters. The van der Waals surface area contributed by atoms with Gasteiger partial charge in [-0.25, -0.2) is 17.5 Å². The normalized spacial score (nSPS) is 12.4. The van der Waals surface area contributed by atoms with E-state index in [0.717, 1.165) is 6.26 Å². The molecule has 1 N–H and O–H groups in total. The lowest BCUT2D eigenvalue weighted by molar-refractivity contribution is -0.130. The molecule has 0 bridgehead atoms. The predicted molar refractivity (Wildman–Crippen MR) is 101 cm³/mol. The van der Waals surface area contributed by atoms with Crippen LogP contribution in [0.1, 0.15) is 23.6 Å². The lowest BCUT2D eigenvalue weighted by atomic mass is 10.0. The topological polar surface area (TPSA) is 75.7 Å². The number of ether oxygens (including phenoxy) is 1. The van der Waals surface area contributed by atoms with Gasteiger partial charge in [-0.3, -0.25) is 4.79 Å². The van der Waals surface area contributed by atoms with Crippen molar-refractivity contribution in [1.29, 1.82) is 0 Å². The first-order chi connectivity index (χ1) is 12.7. The molecule has 0 aliphatic heterocycles. The summed E-state index contributed by atoms with van der Waals surface area (Å²) in [5, 5.41) is 0. The summed E-state index contributed by atoms with van der Waals surface area (Å²) in [5.74, 6) is -0.0758. The minimum atomic E-state index is -3.54. The first-order valence-electron chi connectivity index (χ1n) is 8.28. The van der Waals surface area contributed by atoms with Gasteiger partial charge in [-0.15, -0.1) is 0 Å². The average Bonchev–Trinajstić information content (AvgIpc) is 2.62. The van der Waals surface area contributed by atoms with E-state index >= 15 is 0 Å². The van der Waals surface area contributed by atoms with Gasteiger partial charge in [0.15, 0.2) is 0 Å². The molecule has 0 saturated carbocycles. The van der Waals surface area contributed by atoms with Gasteiger partial charge in [0, 0.05) is 25.6 Å². The highest BCUT2D eigenvalue weighted by atomic mass is 32.2. The second-order valence-corrected chi connectivity index (χ2v) is 8.04. The van der Waals surface area contributed by atoms with Gasteiger partial charge in [0.2, 0.25) is 15.9 Å². The molecular weight excluding hydrogens is 371 g/mol. The van der Waals surface area contributed by atoms with Gasteiger partial charge < -0.3 is 9.64 Å². The standard InChI is InChI=1S/C19H23FN2O4S/c1-22(13-15-6-4-5-7-17(15)20)19(23)12-18(21-27(3,24)25)14-8-10-16(26-2)11-9-14/h4-11,18,21H,12-13H2,1-3H3. The van der Waals surface area contributed by atoms with Gasteiger partial charge in [-0.2, -0.15) is 0 Å². The number of carbonyl (C=O) groups is 1. The monoisotopic (exact) mass is 394 g/mol. The van der Waals surface area contributed by atoms with Crippen LogP contribution in [0, 0.1) is 5.82 Å². The first kappa shape index (κ1) is 20.9. The van der Waals surface area contributed by atoms with E-state index in [1.165, 1.54) is 18.1 Å². The van der Waals surface area contributed by atoms with Gasteiger partial charge >= 0.3 is 0 Å². The van der Waals surface area contributed by atoms with E-state index < -0.39 is 21.9 Å². The van der Waals surface area contributed by atoms with Crippen molar-refractivity contribution in [1.82, 2.24) is 9.62 Å². The van der Waals surface area contributed by atoms with E-state index in [4.69, 9.17) is 4.74 Å². The van der Waals surface area contributed by atoms with E-state index in [1.54, 1.807) is 49.5 Å². The minimum Gasteiger partial charge on any atom is -0.497 e. The summed E-state index contributed by atoms with van der Waals surface area (Å²) in [6.45, 7) is 0.0969. The van der Waals surface area contributed by atoms with Crippen molar-refractivity contribution in [3.05, 3.63) is 65.5 Å². The van der Waals surface area contributed by atoms with Crippen LogP contribution in [-0.2, 0) is 21.4 Å². The maximum atomic E-state index is 13.8. The molecule has 0 spiro atoms. The summed E-state index contributed by atoms with van der Waals surface area (Å²) >= 11 is 0. The smallest absolute Gasteiger partial charge is 0.224 e. The van der Waals surface area contributed by atoms with E-state index in [0.29, 0.717) is 16.9 Å². The van der Waals surface area contributed by atoms with Gasteiger partial charge in [-0.1, -0.05) is 30.3 Å². The van der Waals surface area contributed by atoms with Gasteiger partial charge in [0.05, 0.1) is 19.4 Å². The summed E-state index contributed by atoms with van der Waals surface area (Å²) in [6, 6.07) is 12.3. The molecule has 2 aromatic rings. The summed E-state index contributed by atoms with van der Waals surface area (Å²) in [4.78, 5) is 14.0. The van der Waals surface area contributed by atoms with Gasteiger partial charge in [0.1, 0.15) is 11.6 Å². The molecule has 1 atom stereocenters. The molecule has 2 rings (SSSR count). The second-order valence-electron chi connectivity index (χ2n) is 6.26. The molecule has 8 heteroatoms. The molecule has 0 heterocycles. The van der Waals surface area contributed by atoms with Crippen LogP contribution >= 0.6 is 0 Å². The highest BCUT2D eigenvalue weighted by Gasteiger charge is 2.22. The quantitative estimate of drug-likeness (QED) is 0.746. The zero-order valence-corrected chi connectivity index (χ0v) is 16.3. The molecule has 146 valence electrons. The first-order valence-corrected chi connectivity index (χ1v) is 10.2. The predicted octanol–water partition coefficient (Wildman–Crippen LogP) is 2.47. The second kappa shape index (κ2) is 8.96. The molecule has 0 aliphatic carbocycles. The lowest BCUT2D eigenvalue weighted by Gasteiger charge is -2.23. The Labute approximate surface area is 159 Å². The fraction of sp³-hybridized carbons (Fsp3) is 0.316. The zero-order valence-electron chi connectivity index (χ0n) is 15.5. The highest BCUT2D eigenvalue weighted by molar-refractivity contribution is 7.88. The number of hydrogen-bond acceptors (Lipinski definition) is 4. The third kappa shape index (κ3) is 6.33. The van der Waals surface area contributed by atoms with Crippen molar-refractivity contribution in [2.75, 3.05) is 20.4 Å². The average molecular weight is 394 g/mol. The Morgan fingerprint density at radius 3 is 2.37 bits per heavy atom. The third-order valence-corrected chi connectivity index (χ3v) is 4.76. The molecule has 2 aromatic carbocycles. The molecule has 1 amide bonds.